The van der Waals surface area contributed by atoms with Gasteiger partial charge in [0.15, 0.2) is 0 Å². The average Bonchev–Trinajstić information content (AvgIpc) is 3.50. The Morgan fingerprint density at radius 3 is 2.55 bits per heavy atom. The minimum atomic E-state index is -0.274. The molecular weight excluding hydrogens is 477 g/mol. The van der Waals surface area contributed by atoms with E-state index < -0.39 is 0 Å². The molecule has 8 heteroatoms. The number of H-pyrrole nitrogens is 1. The molecule has 0 unspecified atom stereocenters. The minimum absolute atomic E-state index is 0.166. The SMILES string of the molecule is O=C(C(=Cc1ccc(Cl)c(Cl)c1)c1nc2scc(-c3ccccc3)c2c(=O)[nH]1)N1CCCC1. The number of aromatic nitrogens is 2. The van der Waals surface area contributed by atoms with Gasteiger partial charge in [-0.15, -0.1) is 11.3 Å². The van der Waals surface area contributed by atoms with Gasteiger partial charge < -0.3 is 9.88 Å². The Bertz CT molecular complexity index is 1440. The topological polar surface area (TPSA) is 66.1 Å². The van der Waals surface area contributed by atoms with Gasteiger partial charge in [-0.05, 0) is 42.2 Å². The van der Waals surface area contributed by atoms with Crippen LogP contribution in [0.5, 0.6) is 0 Å². The Balaban J connectivity index is 1.65. The highest BCUT2D eigenvalue weighted by Gasteiger charge is 2.25. The molecule has 5 rings (SSSR count). The van der Waals surface area contributed by atoms with Crippen molar-refractivity contribution in [2.75, 3.05) is 13.1 Å². The molecule has 2 aromatic heterocycles. The minimum Gasteiger partial charge on any atom is -0.339 e. The number of aromatic amines is 1. The third-order valence-electron chi connectivity index (χ3n) is 5.66. The van der Waals surface area contributed by atoms with Gasteiger partial charge in [-0.25, -0.2) is 4.98 Å². The highest BCUT2D eigenvalue weighted by Crippen LogP contribution is 2.32. The van der Waals surface area contributed by atoms with Gasteiger partial charge >= 0.3 is 0 Å². The van der Waals surface area contributed by atoms with Gasteiger partial charge in [0, 0.05) is 24.0 Å². The number of hydrogen-bond acceptors (Lipinski definition) is 4. The van der Waals surface area contributed by atoms with Gasteiger partial charge in [0.2, 0.25) is 0 Å². The number of nitrogens with zero attached hydrogens (tertiary/aromatic N) is 2. The molecule has 0 atom stereocenters. The van der Waals surface area contributed by atoms with Crippen LogP contribution in [0.1, 0.15) is 24.2 Å². The van der Waals surface area contributed by atoms with Crippen molar-refractivity contribution in [3.8, 4) is 11.1 Å². The van der Waals surface area contributed by atoms with Crippen LogP contribution in [0.25, 0.3) is 33.0 Å². The second-order valence-electron chi connectivity index (χ2n) is 7.84. The van der Waals surface area contributed by atoms with Gasteiger partial charge in [-0.2, -0.15) is 0 Å². The molecule has 0 aliphatic carbocycles. The zero-order chi connectivity index (χ0) is 22.9. The summed E-state index contributed by atoms with van der Waals surface area (Å²) in [6, 6.07) is 14.9. The number of thiophene rings is 1. The molecule has 1 aliphatic heterocycles. The van der Waals surface area contributed by atoms with Crippen LogP contribution in [0.3, 0.4) is 0 Å². The zero-order valence-electron chi connectivity index (χ0n) is 17.5. The summed E-state index contributed by atoms with van der Waals surface area (Å²) in [6.45, 7) is 1.36. The van der Waals surface area contributed by atoms with E-state index in [1.807, 2.05) is 35.7 Å². The van der Waals surface area contributed by atoms with E-state index in [9.17, 15) is 9.59 Å². The zero-order valence-corrected chi connectivity index (χ0v) is 19.8. The van der Waals surface area contributed by atoms with E-state index in [2.05, 4.69) is 4.98 Å². The largest absolute Gasteiger partial charge is 0.339 e. The number of benzene rings is 2. The molecule has 4 aromatic rings. The smallest absolute Gasteiger partial charge is 0.260 e. The maximum absolute atomic E-state index is 13.4. The van der Waals surface area contributed by atoms with E-state index in [0.717, 1.165) is 24.0 Å². The van der Waals surface area contributed by atoms with Crippen molar-refractivity contribution in [1.29, 1.82) is 0 Å². The maximum Gasteiger partial charge on any atom is 0.260 e. The molecule has 33 heavy (non-hydrogen) atoms. The number of amides is 1. The van der Waals surface area contributed by atoms with Gasteiger partial charge in [0.25, 0.3) is 11.5 Å². The van der Waals surface area contributed by atoms with Gasteiger partial charge in [-0.3, -0.25) is 9.59 Å². The molecule has 3 heterocycles. The number of carbonyl (C=O) groups excluding carboxylic acids is 1. The molecule has 0 saturated carbocycles. The summed E-state index contributed by atoms with van der Waals surface area (Å²) in [7, 11) is 0. The van der Waals surface area contributed by atoms with E-state index in [1.165, 1.54) is 11.3 Å². The molecule has 166 valence electrons. The Labute approximate surface area is 204 Å². The highest BCUT2D eigenvalue weighted by molar-refractivity contribution is 7.17. The monoisotopic (exact) mass is 495 g/mol. The van der Waals surface area contributed by atoms with E-state index in [-0.39, 0.29) is 17.3 Å². The van der Waals surface area contributed by atoms with Crippen LogP contribution in [0.4, 0.5) is 0 Å². The Morgan fingerprint density at radius 2 is 1.82 bits per heavy atom. The van der Waals surface area contributed by atoms with E-state index in [0.29, 0.717) is 44.5 Å². The van der Waals surface area contributed by atoms with Crippen LogP contribution in [0, 0.1) is 0 Å². The van der Waals surface area contributed by atoms with Crippen molar-refractivity contribution in [1.82, 2.24) is 14.9 Å². The summed E-state index contributed by atoms with van der Waals surface area (Å²) in [5.74, 6) is 0.0813. The van der Waals surface area contributed by atoms with Crippen molar-refractivity contribution in [2.24, 2.45) is 0 Å². The lowest BCUT2D eigenvalue weighted by Gasteiger charge is -2.17. The standard InChI is InChI=1S/C25H19Cl2N3O2S/c26-19-9-8-15(13-20(19)27)12-17(25(32)30-10-4-5-11-30)22-28-23(31)21-18(14-33-24(21)29-22)16-6-2-1-3-7-16/h1-3,6-9,12-14H,4-5,10-11H2,(H,28,29,31). The third-order valence-corrected chi connectivity index (χ3v) is 7.27. The molecule has 1 saturated heterocycles. The normalized spacial score (nSPS) is 14.2. The molecule has 0 bridgehead atoms. The molecule has 1 N–H and O–H groups in total. The molecule has 5 nitrogen and oxygen atoms in total. The first kappa shape index (κ1) is 21.9. The number of nitrogens with one attached hydrogen (secondary N) is 1. The number of halogens is 2. The number of fused-ring (bicyclic) bond motifs is 1. The van der Waals surface area contributed by atoms with Crippen molar-refractivity contribution >= 4 is 62.3 Å². The summed E-state index contributed by atoms with van der Waals surface area (Å²) in [5, 5.41) is 3.27. The lowest BCUT2D eigenvalue weighted by atomic mass is 10.1. The summed E-state index contributed by atoms with van der Waals surface area (Å²) in [6.07, 6.45) is 3.62. The number of hydrogen-bond donors (Lipinski definition) is 1. The first-order valence-corrected chi connectivity index (χ1v) is 12.2. The van der Waals surface area contributed by atoms with E-state index in [1.54, 1.807) is 29.2 Å². The fourth-order valence-corrected chi connectivity index (χ4v) is 5.25. The first-order chi connectivity index (χ1) is 16.0. The Hall–Kier alpha value is -2.93. The molecule has 2 aromatic carbocycles. The lowest BCUT2D eigenvalue weighted by Crippen LogP contribution is -2.29. The van der Waals surface area contributed by atoms with E-state index >= 15 is 0 Å². The molecule has 0 radical (unpaired) electrons. The summed E-state index contributed by atoms with van der Waals surface area (Å²) in [4.78, 5) is 36.5. The van der Waals surface area contributed by atoms with E-state index in [4.69, 9.17) is 28.2 Å². The van der Waals surface area contributed by atoms with Gasteiger partial charge in [0.05, 0.1) is 21.0 Å². The van der Waals surface area contributed by atoms with Crippen LogP contribution in [-0.4, -0.2) is 33.9 Å². The summed E-state index contributed by atoms with van der Waals surface area (Å²) in [5.41, 5.74) is 2.53. The van der Waals surface area contributed by atoms with Crippen LogP contribution in [0.15, 0.2) is 58.7 Å². The Morgan fingerprint density at radius 1 is 1.06 bits per heavy atom. The fourth-order valence-electron chi connectivity index (χ4n) is 4.00. The van der Waals surface area contributed by atoms with Crippen molar-refractivity contribution in [3.05, 3.63) is 85.7 Å². The highest BCUT2D eigenvalue weighted by atomic mass is 35.5. The predicted octanol–water partition coefficient (Wildman–Crippen LogP) is 6.12. The summed E-state index contributed by atoms with van der Waals surface area (Å²) < 4.78 is 0. The summed E-state index contributed by atoms with van der Waals surface area (Å²) >= 11 is 13.6. The Kier molecular flexibility index (Phi) is 6.06. The van der Waals surface area contributed by atoms with Crippen LogP contribution >= 0.6 is 34.5 Å². The molecule has 1 fully saturated rings. The lowest BCUT2D eigenvalue weighted by molar-refractivity contribution is -0.123. The number of likely N-dealkylation sites (tertiary alicyclic amines) is 1. The van der Waals surface area contributed by atoms with Crippen LogP contribution in [0.2, 0.25) is 10.0 Å². The fraction of sp³-hybridized carbons (Fsp3) is 0.160. The quantitative estimate of drug-likeness (QED) is 0.346. The molecule has 1 amide bonds. The first-order valence-electron chi connectivity index (χ1n) is 10.5. The molecular formula is C25H19Cl2N3O2S. The van der Waals surface area contributed by atoms with Crippen molar-refractivity contribution in [2.45, 2.75) is 12.8 Å². The molecule has 0 spiro atoms. The second kappa shape index (κ2) is 9.14. The van der Waals surface area contributed by atoms with Crippen molar-refractivity contribution < 1.29 is 4.79 Å². The van der Waals surface area contributed by atoms with Crippen LogP contribution in [-0.2, 0) is 4.79 Å². The van der Waals surface area contributed by atoms with Gasteiger partial charge in [-0.1, -0.05) is 59.6 Å². The average molecular weight is 496 g/mol. The predicted molar refractivity (Wildman–Crippen MR) is 136 cm³/mol. The maximum atomic E-state index is 13.4. The number of rotatable bonds is 4. The molecule has 1 aliphatic rings. The number of carbonyl (C=O) groups is 1. The van der Waals surface area contributed by atoms with Crippen LogP contribution < -0.4 is 5.56 Å². The van der Waals surface area contributed by atoms with Gasteiger partial charge in [0.1, 0.15) is 10.7 Å². The third kappa shape index (κ3) is 4.34. The second-order valence-corrected chi connectivity index (χ2v) is 9.51. The van der Waals surface area contributed by atoms with Crippen molar-refractivity contribution in [3.63, 3.8) is 0 Å².